The van der Waals surface area contributed by atoms with Crippen molar-refractivity contribution >= 4 is 5.97 Å². The van der Waals surface area contributed by atoms with Gasteiger partial charge in [0.2, 0.25) is 0 Å². The number of carbonyl (C=O) groups is 1. The van der Waals surface area contributed by atoms with Gasteiger partial charge in [0.15, 0.2) is 0 Å². The average molecular weight is 455 g/mol. The Kier molecular flexibility index (Phi) is 7.52. The van der Waals surface area contributed by atoms with Crippen LogP contribution in [-0.2, 0) is 9.53 Å². The zero-order valence-electron chi connectivity index (χ0n) is 22.4. The zero-order valence-corrected chi connectivity index (χ0v) is 22.4. The first-order chi connectivity index (χ1) is 15.7. The molecule has 2 saturated carbocycles. The molecule has 0 spiro atoms. The molecule has 4 aliphatic carbocycles. The minimum Gasteiger partial charge on any atom is -0.466 e. The Hall–Kier alpha value is -1.05. The fourth-order valence-electron chi connectivity index (χ4n) is 9.00. The third-order valence-corrected chi connectivity index (χ3v) is 11.1. The third kappa shape index (κ3) is 4.74. The van der Waals surface area contributed by atoms with Gasteiger partial charge in [-0.15, -0.1) is 0 Å². The maximum absolute atomic E-state index is 11.2. The molecule has 0 aromatic carbocycles. The van der Waals surface area contributed by atoms with Crippen LogP contribution in [0, 0.1) is 52.3 Å². The van der Waals surface area contributed by atoms with E-state index in [2.05, 4.69) is 52.8 Å². The first-order valence-electron chi connectivity index (χ1n) is 14.2. The minimum atomic E-state index is -0.146. The number of esters is 1. The molecule has 4 aliphatic rings. The number of allylic oxidation sites excluding steroid dienone is 4. The summed E-state index contributed by atoms with van der Waals surface area (Å²) in [6.45, 7) is 14.6. The van der Waals surface area contributed by atoms with Crippen molar-refractivity contribution < 1.29 is 9.53 Å². The molecule has 4 rings (SSSR count). The van der Waals surface area contributed by atoms with Crippen molar-refractivity contribution in [2.45, 2.75) is 106 Å². The van der Waals surface area contributed by atoms with Gasteiger partial charge in [-0.3, -0.25) is 4.79 Å². The van der Waals surface area contributed by atoms with Crippen LogP contribution >= 0.6 is 0 Å². The maximum atomic E-state index is 11.2. The van der Waals surface area contributed by atoms with Crippen LogP contribution in [0.5, 0.6) is 0 Å². The van der Waals surface area contributed by atoms with Gasteiger partial charge in [0.05, 0.1) is 6.61 Å². The van der Waals surface area contributed by atoms with Gasteiger partial charge >= 0.3 is 5.97 Å². The predicted molar refractivity (Wildman–Crippen MR) is 138 cm³/mol. The van der Waals surface area contributed by atoms with Crippen molar-refractivity contribution in [2.75, 3.05) is 6.61 Å². The Balaban J connectivity index is 1.41. The first-order valence-corrected chi connectivity index (χ1v) is 14.2. The molecular weight excluding hydrogens is 404 g/mol. The highest BCUT2D eigenvalue weighted by Crippen LogP contribution is 2.66. The van der Waals surface area contributed by atoms with E-state index >= 15 is 0 Å². The molecule has 0 aromatic heterocycles. The highest BCUT2D eigenvalue weighted by Gasteiger charge is 2.58. The summed E-state index contributed by atoms with van der Waals surface area (Å²) in [6.07, 6.45) is 21.1. The van der Waals surface area contributed by atoms with Gasteiger partial charge in [-0.25, -0.2) is 0 Å². The predicted octanol–water partition coefficient (Wildman–Crippen LogP) is 8.37. The second kappa shape index (κ2) is 9.90. The molecule has 8 atom stereocenters. The molecule has 186 valence electrons. The Morgan fingerprint density at radius 1 is 1.06 bits per heavy atom. The Morgan fingerprint density at radius 2 is 1.85 bits per heavy atom. The van der Waals surface area contributed by atoms with Gasteiger partial charge in [0.25, 0.3) is 0 Å². The molecule has 0 unspecified atom stereocenters. The minimum absolute atomic E-state index is 0.146. The van der Waals surface area contributed by atoms with Crippen LogP contribution < -0.4 is 0 Å². The normalized spacial score (nSPS) is 39.3. The molecule has 0 saturated heterocycles. The summed E-state index contributed by atoms with van der Waals surface area (Å²) in [5, 5.41) is 0. The topological polar surface area (TPSA) is 26.3 Å². The lowest BCUT2D eigenvalue weighted by atomic mass is 9.48. The van der Waals surface area contributed by atoms with Crippen molar-refractivity contribution in [1.82, 2.24) is 0 Å². The van der Waals surface area contributed by atoms with Crippen LogP contribution in [0.3, 0.4) is 0 Å². The summed E-state index contributed by atoms with van der Waals surface area (Å²) in [4.78, 5) is 11.2. The SMILES string of the molecule is CC(=O)OCC[C@H](CC[C@@H](C)[C@H]1CC[C@H]2[C@@H]3C=CC4=CCCC[C@]4(C)[C@H]3CC[C@]12C)C(C)C. The lowest BCUT2D eigenvalue weighted by Crippen LogP contribution is -2.49. The van der Waals surface area contributed by atoms with E-state index in [1.165, 1.54) is 64.7 Å². The van der Waals surface area contributed by atoms with E-state index < -0.39 is 0 Å². The maximum Gasteiger partial charge on any atom is 0.302 e. The Bertz CT molecular complexity index is 763. The van der Waals surface area contributed by atoms with E-state index in [4.69, 9.17) is 4.74 Å². The molecule has 2 heteroatoms. The highest BCUT2D eigenvalue weighted by molar-refractivity contribution is 5.65. The molecule has 2 fully saturated rings. The lowest BCUT2D eigenvalue weighted by Gasteiger charge is -2.56. The van der Waals surface area contributed by atoms with Crippen LogP contribution in [0.25, 0.3) is 0 Å². The second-order valence-electron chi connectivity index (χ2n) is 13.0. The molecule has 0 bridgehead atoms. The second-order valence-corrected chi connectivity index (χ2v) is 13.0. The fraction of sp³-hybridized carbons (Fsp3) is 0.839. The van der Waals surface area contributed by atoms with Crippen molar-refractivity contribution in [2.24, 2.45) is 52.3 Å². The summed E-state index contributed by atoms with van der Waals surface area (Å²) in [7, 11) is 0. The summed E-state index contributed by atoms with van der Waals surface area (Å²) in [5.74, 6) is 5.37. The van der Waals surface area contributed by atoms with E-state index in [0.29, 0.717) is 29.3 Å². The number of fused-ring (bicyclic) bond motifs is 5. The van der Waals surface area contributed by atoms with Crippen LogP contribution in [-0.4, -0.2) is 12.6 Å². The third-order valence-electron chi connectivity index (χ3n) is 11.1. The van der Waals surface area contributed by atoms with Gasteiger partial charge in [0, 0.05) is 6.92 Å². The molecule has 0 N–H and O–H groups in total. The van der Waals surface area contributed by atoms with E-state index in [9.17, 15) is 4.79 Å². The Labute approximate surface area is 204 Å². The molecule has 0 amide bonds. The van der Waals surface area contributed by atoms with Crippen LogP contribution in [0.2, 0.25) is 0 Å². The van der Waals surface area contributed by atoms with Crippen LogP contribution in [0.15, 0.2) is 23.8 Å². The average Bonchev–Trinajstić information content (AvgIpc) is 3.12. The van der Waals surface area contributed by atoms with Gasteiger partial charge < -0.3 is 4.74 Å². The van der Waals surface area contributed by atoms with Crippen LogP contribution in [0.1, 0.15) is 106 Å². The van der Waals surface area contributed by atoms with Gasteiger partial charge in [-0.2, -0.15) is 0 Å². The van der Waals surface area contributed by atoms with E-state index in [-0.39, 0.29) is 5.97 Å². The van der Waals surface area contributed by atoms with Crippen molar-refractivity contribution in [1.29, 1.82) is 0 Å². The van der Waals surface area contributed by atoms with E-state index in [1.54, 1.807) is 5.57 Å². The summed E-state index contributed by atoms with van der Waals surface area (Å²) < 4.78 is 5.26. The monoisotopic (exact) mass is 454 g/mol. The molecule has 0 radical (unpaired) electrons. The smallest absolute Gasteiger partial charge is 0.302 e. The molecule has 33 heavy (non-hydrogen) atoms. The lowest BCUT2D eigenvalue weighted by molar-refractivity contribution is -0.141. The van der Waals surface area contributed by atoms with E-state index in [1.807, 2.05) is 0 Å². The number of carbonyl (C=O) groups excluding carboxylic acids is 1. The quantitative estimate of drug-likeness (QED) is 0.344. The molecular formula is C31H50O2. The summed E-state index contributed by atoms with van der Waals surface area (Å²) in [6, 6.07) is 0. The van der Waals surface area contributed by atoms with Crippen molar-refractivity contribution in [3.8, 4) is 0 Å². The number of hydrogen-bond donors (Lipinski definition) is 0. The Morgan fingerprint density at radius 3 is 2.58 bits per heavy atom. The molecule has 2 nitrogen and oxygen atoms in total. The van der Waals surface area contributed by atoms with Crippen molar-refractivity contribution in [3.05, 3.63) is 23.8 Å². The van der Waals surface area contributed by atoms with E-state index in [0.717, 1.165) is 36.0 Å². The molecule has 0 heterocycles. The van der Waals surface area contributed by atoms with Gasteiger partial charge in [-0.1, -0.05) is 59.3 Å². The summed E-state index contributed by atoms with van der Waals surface area (Å²) in [5.41, 5.74) is 2.62. The summed E-state index contributed by atoms with van der Waals surface area (Å²) >= 11 is 0. The first kappa shape index (κ1) is 25.1. The highest BCUT2D eigenvalue weighted by atomic mass is 16.5. The molecule has 0 aromatic rings. The van der Waals surface area contributed by atoms with Crippen LogP contribution in [0.4, 0.5) is 0 Å². The number of ether oxygens (including phenoxy) is 1. The van der Waals surface area contributed by atoms with Gasteiger partial charge in [-0.05, 0) is 116 Å². The fourth-order valence-corrected chi connectivity index (χ4v) is 9.00. The standard InChI is InChI=1S/C31H50O2/c1-21(2)24(17-20-33-23(4)32)11-10-22(3)27-14-15-28-26-13-12-25-9-7-8-18-30(25,5)29(26)16-19-31(27,28)6/h9,12-13,21-22,24,26-29H,7-8,10-11,14-20H2,1-6H3/t22-,24+,26+,27-,28+,29+,30+,31-/m1/s1. The zero-order chi connectivity index (χ0) is 23.8. The largest absolute Gasteiger partial charge is 0.466 e. The van der Waals surface area contributed by atoms with Crippen molar-refractivity contribution in [3.63, 3.8) is 0 Å². The number of rotatable bonds is 8. The molecule has 0 aliphatic heterocycles. The number of hydrogen-bond acceptors (Lipinski definition) is 2. The van der Waals surface area contributed by atoms with Gasteiger partial charge in [0.1, 0.15) is 0 Å².